The molecule has 1 aromatic carbocycles. The van der Waals surface area contributed by atoms with E-state index in [1.54, 1.807) is 30.5 Å². The van der Waals surface area contributed by atoms with Gasteiger partial charge in [-0.25, -0.2) is 13.9 Å². The van der Waals surface area contributed by atoms with E-state index in [1.165, 1.54) is 16.6 Å². The van der Waals surface area contributed by atoms with Gasteiger partial charge in [0.2, 0.25) is 0 Å². The molecular weight excluding hydrogens is 333 g/mol. The van der Waals surface area contributed by atoms with Crippen LogP contribution in [-0.4, -0.2) is 24.4 Å². The lowest BCUT2D eigenvalue weighted by atomic mass is 10.1. The molecule has 0 aliphatic heterocycles. The monoisotopic (exact) mass is 351 g/mol. The van der Waals surface area contributed by atoms with Crippen molar-refractivity contribution in [2.45, 2.75) is 26.3 Å². The number of hydrogen-bond acceptors (Lipinski definition) is 3. The van der Waals surface area contributed by atoms with Crippen molar-refractivity contribution in [3.05, 3.63) is 76.2 Å². The first-order chi connectivity index (χ1) is 12.5. The van der Waals surface area contributed by atoms with Crippen LogP contribution in [0.3, 0.4) is 0 Å². The van der Waals surface area contributed by atoms with E-state index in [0.29, 0.717) is 17.9 Å². The fourth-order valence-corrected chi connectivity index (χ4v) is 2.98. The molecule has 0 saturated heterocycles. The minimum absolute atomic E-state index is 0.0375. The summed E-state index contributed by atoms with van der Waals surface area (Å²) in [5, 5.41) is 7.31. The molecule has 1 unspecified atom stereocenters. The summed E-state index contributed by atoms with van der Waals surface area (Å²) in [5.41, 5.74) is 3.64. The predicted molar refractivity (Wildman–Crippen MR) is 96.6 cm³/mol. The number of benzene rings is 1. The van der Waals surface area contributed by atoms with Gasteiger partial charge in [0.05, 0.1) is 11.4 Å². The molecule has 0 bridgehead atoms. The van der Waals surface area contributed by atoms with Gasteiger partial charge in [0.25, 0.3) is 5.56 Å². The van der Waals surface area contributed by atoms with Gasteiger partial charge in [-0.2, -0.15) is 5.10 Å². The average Bonchev–Trinajstić information content (AvgIpc) is 3.22. The Hall–Kier alpha value is -3.22. The van der Waals surface area contributed by atoms with E-state index in [-0.39, 0.29) is 17.3 Å². The number of hydrogen-bond donors (Lipinski definition) is 1. The highest BCUT2D eigenvalue weighted by Crippen LogP contribution is 2.20. The highest BCUT2D eigenvalue weighted by atomic mass is 19.1. The van der Waals surface area contributed by atoms with Crippen LogP contribution in [0.5, 0.6) is 0 Å². The highest BCUT2D eigenvalue weighted by Gasteiger charge is 2.14. The topological polar surface area (TPSA) is 68.0 Å². The van der Waals surface area contributed by atoms with Crippen molar-refractivity contribution in [2.24, 2.45) is 0 Å². The van der Waals surface area contributed by atoms with E-state index in [4.69, 9.17) is 0 Å². The molecule has 0 fully saturated rings. The summed E-state index contributed by atoms with van der Waals surface area (Å²) >= 11 is 0. The zero-order chi connectivity index (χ0) is 18.3. The third-order valence-corrected chi connectivity index (χ3v) is 4.51. The number of aromatic amines is 1. The molecule has 3 aromatic heterocycles. The molecule has 0 amide bonds. The molecular formula is C19H18FN5O. The van der Waals surface area contributed by atoms with E-state index < -0.39 is 0 Å². The van der Waals surface area contributed by atoms with E-state index in [9.17, 15) is 9.18 Å². The molecule has 1 N–H and O–H groups in total. The Bertz CT molecular complexity index is 1120. The van der Waals surface area contributed by atoms with Gasteiger partial charge in [-0.3, -0.25) is 14.6 Å². The number of aromatic nitrogens is 5. The number of nitrogens with one attached hydrogen (secondary N) is 1. The lowest BCUT2D eigenvalue weighted by Gasteiger charge is -2.12. The second kappa shape index (κ2) is 6.25. The van der Waals surface area contributed by atoms with Crippen LogP contribution in [0.15, 0.2) is 53.5 Å². The summed E-state index contributed by atoms with van der Waals surface area (Å²) in [5.74, 6) is -0.263. The van der Waals surface area contributed by atoms with Gasteiger partial charge >= 0.3 is 0 Å². The number of halogens is 1. The van der Waals surface area contributed by atoms with Crippen molar-refractivity contribution in [1.29, 1.82) is 0 Å². The molecule has 6 nitrogen and oxygen atoms in total. The highest BCUT2D eigenvalue weighted by molar-refractivity contribution is 5.63. The van der Waals surface area contributed by atoms with Crippen LogP contribution in [0.1, 0.15) is 24.2 Å². The molecule has 132 valence electrons. The summed E-state index contributed by atoms with van der Waals surface area (Å²) in [6.45, 7) is 4.66. The van der Waals surface area contributed by atoms with Crippen molar-refractivity contribution in [3.8, 4) is 11.3 Å². The second-order valence-corrected chi connectivity index (χ2v) is 6.45. The van der Waals surface area contributed by atoms with Crippen molar-refractivity contribution in [1.82, 2.24) is 24.4 Å². The molecule has 4 aromatic rings. The Morgan fingerprint density at radius 3 is 2.65 bits per heavy atom. The third kappa shape index (κ3) is 2.92. The lowest BCUT2D eigenvalue weighted by molar-refractivity contribution is 0.523. The van der Waals surface area contributed by atoms with Gasteiger partial charge in [-0.1, -0.05) is 6.92 Å². The molecule has 3 heterocycles. The minimum atomic E-state index is -0.301. The van der Waals surface area contributed by atoms with Crippen LogP contribution >= 0.6 is 0 Å². The summed E-state index contributed by atoms with van der Waals surface area (Å²) in [6.07, 6.45) is 1.76. The second-order valence-electron chi connectivity index (χ2n) is 6.45. The average molecular weight is 351 g/mol. The number of nitrogens with zero attached hydrogens (tertiary/aromatic N) is 4. The maximum atomic E-state index is 13.1. The molecule has 1 atom stereocenters. The molecule has 0 radical (unpaired) electrons. The first-order valence-electron chi connectivity index (χ1n) is 8.38. The standard InChI is InChI=1S/C19H18FN5O/c1-12(11-24-13(2)7-8-21-24)16-10-19(26)25-18(22-16)9-17(23-25)14-3-5-15(20)6-4-14/h3-10,12,23H,11H2,1-2H3. The Morgan fingerprint density at radius 1 is 1.19 bits per heavy atom. The summed E-state index contributed by atoms with van der Waals surface area (Å²) in [4.78, 5) is 17.1. The van der Waals surface area contributed by atoms with Gasteiger partial charge < -0.3 is 0 Å². The number of H-pyrrole nitrogens is 1. The van der Waals surface area contributed by atoms with Gasteiger partial charge in [0, 0.05) is 36.5 Å². The van der Waals surface area contributed by atoms with Crippen molar-refractivity contribution in [3.63, 3.8) is 0 Å². The summed E-state index contributed by atoms with van der Waals surface area (Å²) in [6, 6.07) is 11.4. The van der Waals surface area contributed by atoms with Crippen LogP contribution in [0.4, 0.5) is 4.39 Å². The molecule has 26 heavy (non-hydrogen) atoms. The van der Waals surface area contributed by atoms with Gasteiger partial charge in [-0.15, -0.1) is 0 Å². The largest absolute Gasteiger partial charge is 0.289 e. The maximum absolute atomic E-state index is 13.1. The Morgan fingerprint density at radius 2 is 1.96 bits per heavy atom. The van der Waals surface area contributed by atoms with Crippen LogP contribution in [0, 0.1) is 12.7 Å². The van der Waals surface area contributed by atoms with Crippen molar-refractivity contribution in [2.75, 3.05) is 0 Å². The van der Waals surface area contributed by atoms with E-state index >= 15 is 0 Å². The maximum Gasteiger partial charge on any atom is 0.272 e. The van der Waals surface area contributed by atoms with Crippen LogP contribution in [0.25, 0.3) is 16.9 Å². The summed E-state index contributed by atoms with van der Waals surface area (Å²) in [7, 11) is 0. The molecule has 0 spiro atoms. The molecule has 0 aliphatic rings. The van der Waals surface area contributed by atoms with Gasteiger partial charge in [0.1, 0.15) is 5.82 Å². The zero-order valence-corrected chi connectivity index (χ0v) is 14.5. The SMILES string of the molecule is Cc1ccnn1CC(C)c1cc(=O)n2[nH]c(-c3ccc(F)cc3)cc2n1. The first kappa shape index (κ1) is 16.3. The minimum Gasteiger partial charge on any atom is -0.289 e. The fraction of sp³-hybridized carbons (Fsp3) is 0.211. The smallest absolute Gasteiger partial charge is 0.272 e. The molecule has 7 heteroatoms. The van der Waals surface area contributed by atoms with E-state index in [0.717, 1.165) is 17.0 Å². The van der Waals surface area contributed by atoms with Crippen LogP contribution in [0.2, 0.25) is 0 Å². The van der Waals surface area contributed by atoms with Gasteiger partial charge in [0.15, 0.2) is 5.65 Å². The van der Waals surface area contributed by atoms with E-state index in [2.05, 4.69) is 15.2 Å². The molecule has 0 aliphatic carbocycles. The predicted octanol–water partition coefficient (Wildman–Crippen LogP) is 3.14. The molecule has 0 saturated carbocycles. The lowest BCUT2D eigenvalue weighted by Crippen LogP contribution is -2.18. The molecule has 4 rings (SSSR count). The van der Waals surface area contributed by atoms with Crippen LogP contribution < -0.4 is 5.56 Å². The number of fused-ring (bicyclic) bond motifs is 1. The Kier molecular flexibility index (Phi) is 3.91. The van der Waals surface area contributed by atoms with Crippen LogP contribution in [-0.2, 0) is 6.54 Å². The van der Waals surface area contributed by atoms with Crippen molar-refractivity contribution < 1.29 is 4.39 Å². The summed E-state index contributed by atoms with van der Waals surface area (Å²) < 4.78 is 16.4. The third-order valence-electron chi connectivity index (χ3n) is 4.51. The van der Waals surface area contributed by atoms with Crippen molar-refractivity contribution >= 4 is 5.65 Å². The zero-order valence-electron chi connectivity index (χ0n) is 14.5. The quantitative estimate of drug-likeness (QED) is 0.614. The van der Waals surface area contributed by atoms with Gasteiger partial charge in [-0.05, 0) is 42.8 Å². The van der Waals surface area contributed by atoms with E-state index in [1.807, 2.05) is 24.6 Å². The first-order valence-corrected chi connectivity index (χ1v) is 8.38. The normalized spacial score (nSPS) is 12.6. The number of rotatable bonds is 4. The number of aryl methyl sites for hydroxylation is 1. The Balaban J connectivity index is 1.70. The fourth-order valence-electron chi connectivity index (χ4n) is 2.98. The Labute approximate surface area is 148 Å².